The topological polar surface area (TPSA) is 38.9 Å². The fraction of sp³-hybridized carbons (Fsp3) is 0.250. The van der Waals surface area contributed by atoms with Crippen LogP contribution in [0.4, 0.5) is 0 Å². The second kappa shape index (κ2) is 5.96. The molecule has 0 spiro atoms. The third-order valence-electron chi connectivity index (χ3n) is 2.35. The molecule has 1 aromatic carbocycles. The third-order valence-corrected chi connectivity index (χ3v) is 4.07. The van der Waals surface area contributed by atoms with E-state index in [1.54, 1.807) is 11.3 Å². The van der Waals surface area contributed by atoms with Crippen LogP contribution in [-0.2, 0) is 6.42 Å². The predicted octanol–water partition coefficient (Wildman–Crippen LogP) is 4.12. The van der Waals surface area contributed by atoms with Crippen LogP contribution in [0.2, 0.25) is 5.02 Å². The number of benzene rings is 1. The van der Waals surface area contributed by atoms with Crippen LogP contribution in [0.25, 0.3) is 11.3 Å². The standard InChI is InChI=1S/C12H12BrClN2S/c13-8-3-4-9(10(14)6-8)11-7-17-12(16-11)2-1-5-15/h3-4,6-7H,1-2,5,15H2. The van der Waals surface area contributed by atoms with Crippen LogP contribution in [0.3, 0.4) is 0 Å². The molecule has 1 heterocycles. The van der Waals surface area contributed by atoms with E-state index in [4.69, 9.17) is 17.3 Å². The molecule has 0 aliphatic rings. The Morgan fingerprint density at radius 3 is 2.94 bits per heavy atom. The van der Waals surface area contributed by atoms with Crippen molar-refractivity contribution in [3.05, 3.63) is 38.1 Å². The molecule has 0 atom stereocenters. The Morgan fingerprint density at radius 2 is 2.24 bits per heavy atom. The number of rotatable bonds is 4. The maximum Gasteiger partial charge on any atom is 0.0933 e. The molecule has 90 valence electrons. The van der Waals surface area contributed by atoms with Crippen molar-refractivity contribution in [1.29, 1.82) is 0 Å². The van der Waals surface area contributed by atoms with Gasteiger partial charge < -0.3 is 5.73 Å². The number of aromatic nitrogens is 1. The van der Waals surface area contributed by atoms with Crippen LogP contribution in [0.1, 0.15) is 11.4 Å². The zero-order valence-electron chi connectivity index (χ0n) is 9.12. The lowest BCUT2D eigenvalue weighted by Crippen LogP contribution is -1.99. The van der Waals surface area contributed by atoms with Crippen LogP contribution in [-0.4, -0.2) is 11.5 Å². The van der Waals surface area contributed by atoms with Gasteiger partial charge in [-0.1, -0.05) is 33.6 Å². The number of hydrogen-bond donors (Lipinski definition) is 1. The van der Waals surface area contributed by atoms with Crippen LogP contribution in [0, 0.1) is 0 Å². The normalized spacial score (nSPS) is 10.8. The second-order valence-electron chi connectivity index (χ2n) is 3.64. The van der Waals surface area contributed by atoms with Gasteiger partial charge in [-0.2, -0.15) is 0 Å². The molecule has 0 radical (unpaired) electrons. The van der Waals surface area contributed by atoms with Gasteiger partial charge in [0.15, 0.2) is 0 Å². The molecule has 0 fully saturated rings. The zero-order valence-corrected chi connectivity index (χ0v) is 12.3. The van der Waals surface area contributed by atoms with E-state index >= 15 is 0 Å². The molecular formula is C12H12BrClN2S. The Morgan fingerprint density at radius 1 is 1.41 bits per heavy atom. The number of aryl methyl sites for hydroxylation is 1. The molecule has 0 unspecified atom stereocenters. The summed E-state index contributed by atoms with van der Waals surface area (Å²) in [5.74, 6) is 0. The average Bonchev–Trinajstić information content (AvgIpc) is 2.75. The number of hydrogen-bond acceptors (Lipinski definition) is 3. The highest BCUT2D eigenvalue weighted by Gasteiger charge is 2.08. The Kier molecular flexibility index (Phi) is 4.56. The molecule has 0 amide bonds. The first kappa shape index (κ1) is 13.0. The van der Waals surface area contributed by atoms with E-state index in [2.05, 4.69) is 20.9 Å². The number of nitrogens with two attached hydrogens (primary N) is 1. The van der Waals surface area contributed by atoms with Gasteiger partial charge in [0, 0.05) is 21.8 Å². The molecule has 2 aromatic rings. The zero-order chi connectivity index (χ0) is 12.3. The van der Waals surface area contributed by atoms with E-state index in [1.807, 2.05) is 23.6 Å². The SMILES string of the molecule is NCCCc1nc(-c2ccc(Br)cc2Cl)cs1. The van der Waals surface area contributed by atoms with E-state index in [-0.39, 0.29) is 0 Å². The van der Waals surface area contributed by atoms with Crippen molar-refractivity contribution in [2.24, 2.45) is 5.73 Å². The van der Waals surface area contributed by atoms with E-state index in [0.29, 0.717) is 6.54 Å². The van der Waals surface area contributed by atoms with Gasteiger partial charge in [-0.25, -0.2) is 4.98 Å². The van der Waals surface area contributed by atoms with Crippen molar-refractivity contribution >= 4 is 38.9 Å². The minimum atomic E-state index is 0.702. The molecule has 2 N–H and O–H groups in total. The summed E-state index contributed by atoms with van der Waals surface area (Å²) in [4.78, 5) is 4.57. The molecule has 2 nitrogen and oxygen atoms in total. The summed E-state index contributed by atoms with van der Waals surface area (Å²) in [6.07, 6.45) is 1.91. The summed E-state index contributed by atoms with van der Waals surface area (Å²) in [6, 6.07) is 5.84. The van der Waals surface area contributed by atoms with Crippen molar-refractivity contribution in [2.45, 2.75) is 12.8 Å². The van der Waals surface area contributed by atoms with Crippen molar-refractivity contribution < 1.29 is 0 Å². The summed E-state index contributed by atoms with van der Waals surface area (Å²) in [6.45, 7) is 0.702. The van der Waals surface area contributed by atoms with Gasteiger partial charge >= 0.3 is 0 Å². The molecule has 0 saturated heterocycles. The number of thiazole rings is 1. The van der Waals surface area contributed by atoms with Gasteiger partial charge in [0.05, 0.1) is 15.7 Å². The van der Waals surface area contributed by atoms with Gasteiger partial charge in [0.25, 0.3) is 0 Å². The molecule has 0 aliphatic carbocycles. The molecule has 0 aliphatic heterocycles. The Labute approximate surface area is 118 Å². The highest BCUT2D eigenvalue weighted by molar-refractivity contribution is 9.10. The maximum atomic E-state index is 6.19. The summed E-state index contributed by atoms with van der Waals surface area (Å²) in [5, 5.41) is 3.88. The van der Waals surface area contributed by atoms with Gasteiger partial charge in [0.2, 0.25) is 0 Å². The molecule has 0 bridgehead atoms. The van der Waals surface area contributed by atoms with Crippen LogP contribution >= 0.6 is 38.9 Å². The van der Waals surface area contributed by atoms with Crippen molar-refractivity contribution in [2.75, 3.05) is 6.54 Å². The van der Waals surface area contributed by atoms with Gasteiger partial charge in [-0.05, 0) is 25.1 Å². The largest absolute Gasteiger partial charge is 0.330 e. The van der Waals surface area contributed by atoms with Crippen LogP contribution < -0.4 is 5.73 Å². The number of nitrogens with zero attached hydrogens (tertiary/aromatic N) is 1. The minimum absolute atomic E-state index is 0.702. The second-order valence-corrected chi connectivity index (χ2v) is 5.91. The molecule has 0 saturated carbocycles. The average molecular weight is 332 g/mol. The Balaban J connectivity index is 2.24. The smallest absolute Gasteiger partial charge is 0.0933 e. The van der Waals surface area contributed by atoms with E-state index in [0.717, 1.165) is 38.6 Å². The molecular weight excluding hydrogens is 320 g/mol. The number of halogens is 2. The van der Waals surface area contributed by atoms with E-state index < -0.39 is 0 Å². The fourth-order valence-corrected chi connectivity index (χ4v) is 3.11. The van der Waals surface area contributed by atoms with E-state index in [1.165, 1.54) is 0 Å². The lowest BCUT2D eigenvalue weighted by atomic mass is 10.2. The highest BCUT2D eigenvalue weighted by atomic mass is 79.9. The lowest BCUT2D eigenvalue weighted by molar-refractivity contribution is 0.827. The van der Waals surface area contributed by atoms with Crippen LogP contribution in [0.5, 0.6) is 0 Å². The fourth-order valence-electron chi connectivity index (χ4n) is 1.50. The summed E-state index contributed by atoms with van der Waals surface area (Å²) in [5.41, 5.74) is 7.41. The first-order valence-corrected chi connectivity index (χ1v) is 7.35. The van der Waals surface area contributed by atoms with Crippen molar-refractivity contribution in [1.82, 2.24) is 4.98 Å². The maximum absolute atomic E-state index is 6.19. The Bertz CT molecular complexity index is 513. The monoisotopic (exact) mass is 330 g/mol. The van der Waals surface area contributed by atoms with E-state index in [9.17, 15) is 0 Å². The highest BCUT2D eigenvalue weighted by Crippen LogP contribution is 2.31. The first-order valence-electron chi connectivity index (χ1n) is 5.30. The molecule has 5 heteroatoms. The molecule has 17 heavy (non-hydrogen) atoms. The summed E-state index contributed by atoms with van der Waals surface area (Å²) in [7, 11) is 0. The lowest BCUT2D eigenvalue weighted by Gasteiger charge is -2.00. The summed E-state index contributed by atoms with van der Waals surface area (Å²) < 4.78 is 0.977. The summed E-state index contributed by atoms with van der Waals surface area (Å²) >= 11 is 11.2. The van der Waals surface area contributed by atoms with Gasteiger partial charge in [0.1, 0.15) is 0 Å². The van der Waals surface area contributed by atoms with Gasteiger partial charge in [-0.3, -0.25) is 0 Å². The minimum Gasteiger partial charge on any atom is -0.330 e. The Hall–Kier alpha value is -0.420. The predicted molar refractivity (Wildman–Crippen MR) is 77.6 cm³/mol. The molecule has 1 aromatic heterocycles. The van der Waals surface area contributed by atoms with Gasteiger partial charge in [-0.15, -0.1) is 11.3 Å². The van der Waals surface area contributed by atoms with Crippen molar-refractivity contribution in [3.63, 3.8) is 0 Å². The quantitative estimate of drug-likeness (QED) is 0.915. The third kappa shape index (κ3) is 3.28. The first-order chi connectivity index (χ1) is 8.20. The molecule has 2 rings (SSSR count). The van der Waals surface area contributed by atoms with Crippen LogP contribution in [0.15, 0.2) is 28.1 Å². The van der Waals surface area contributed by atoms with Crippen molar-refractivity contribution in [3.8, 4) is 11.3 Å².